The third kappa shape index (κ3) is 10.0. The van der Waals surface area contributed by atoms with Gasteiger partial charge in [-0.15, -0.1) is 18.2 Å². The molecule has 10 rings (SSSR count). The Labute approximate surface area is 401 Å². The molecule has 2 heterocycles. The molecule has 0 fully saturated rings. The minimum absolute atomic E-state index is 0. The van der Waals surface area contributed by atoms with Crippen molar-refractivity contribution < 1.29 is 18.6 Å². The molecule has 0 amide bonds. The average molecular weight is 891 g/mol. The average Bonchev–Trinajstić information content (AvgIpc) is 3.32. The number of fused-ring (bicyclic) bond motifs is 1. The number of aryl methyl sites for hydroxylation is 7. The zero-order valence-electron chi connectivity index (χ0n) is 38.6. The van der Waals surface area contributed by atoms with Crippen LogP contribution < -0.4 is 0 Å². The quantitative estimate of drug-likeness (QED) is 0.150. The molecule has 66 heavy (non-hydrogen) atoms. The summed E-state index contributed by atoms with van der Waals surface area (Å²) in [4.78, 5) is 20.0. The molecule has 0 atom stereocenters. The van der Waals surface area contributed by atoms with Gasteiger partial charge in [0.1, 0.15) is 0 Å². The van der Waals surface area contributed by atoms with Crippen molar-refractivity contribution in [1.82, 2.24) is 19.9 Å². The van der Waals surface area contributed by atoms with E-state index < -0.39 is 0 Å². The van der Waals surface area contributed by atoms with Gasteiger partial charge in [0.05, 0.1) is 11.4 Å². The summed E-state index contributed by atoms with van der Waals surface area (Å²) in [5, 5.41) is 2.39. The van der Waals surface area contributed by atoms with Crippen LogP contribution in [0.3, 0.4) is 0 Å². The van der Waals surface area contributed by atoms with Gasteiger partial charge < -0.3 is 0 Å². The van der Waals surface area contributed by atoms with Gasteiger partial charge in [-0.05, 0) is 79.5 Å². The van der Waals surface area contributed by atoms with Gasteiger partial charge >= 0.3 is 0 Å². The Morgan fingerprint density at radius 3 is 1.38 bits per heavy atom. The van der Waals surface area contributed by atoms with Gasteiger partial charge in [0.2, 0.25) is 0 Å². The number of rotatable bonds is 7. The summed E-state index contributed by atoms with van der Waals surface area (Å²) in [6, 6.07) is 67.3. The van der Waals surface area contributed by atoms with Crippen molar-refractivity contribution in [1.29, 1.82) is 0 Å². The predicted octanol–water partition coefficient (Wildman–Crippen LogP) is 15.7. The molecule has 0 bridgehead atoms. The normalized spacial score (nSPS) is 10.8. The van der Waals surface area contributed by atoms with Gasteiger partial charge in [-0.25, -0.2) is 9.97 Å². The van der Waals surface area contributed by atoms with Crippen molar-refractivity contribution in [2.75, 3.05) is 0 Å². The predicted molar refractivity (Wildman–Crippen MR) is 272 cm³/mol. The maximum atomic E-state index is 5.03. The first kappa shape index (κ1) is 45.3. The fraction of sp³-hybridized carbons (Fsp3) is 0.115. The summed E-state index contributed by atoms with van der Waals surface area (Å²) in [5.41, 5.74) is 20.9. The molecular weight excluding hydrogens is 840 g/mol. The van der Waals surface area contributed by atoms with E-state index in [1.54, 1.807) is 0 Å². The Balaban J connectivity index is 0.000000179. The van der Waals surface area contributed by atoms with E-state index in [0.29, 0.717) is 0 Å². The first-order valence-electron chi connectivity index (χ1n) is 22.2. The maximum absolute atomic E-state index is 5.03. The molecule has 1 radical (unpaired) electrons. The second kappa shape index (κ2) is 19.9. The maximum Gasteiger partial charge on any atom is 0.160 e. The zero-order valence-corrected chi connectivity index (χ0v) is 40.0. The smallest absolute Gasteiger partial charge is 0.160 e. The van der Waals surface area contributed by atoms with Crippen LogP contribution in [0.5, 0.6) is 0 Å². The molecular formula is C61H51N4V-. The molecule has 10 aromatic rings. The van der Waals surface area contributed by atoms with E-state index in [1.165, 1.54) is 60.8 Å². The van der Waals surface area contributed by atoms with Gasteiger partial charge in [-0.2, -0.15) is 0 Å². The van der Waals surface area contributed by atoms with Crippen LogP contribution in [0.4, 0.5) is 0 Å². The Hall–Kier alpha value is -7.24. The van der Waals surface area contributed by atoms with Gasteiger partial charge in [-0.3, -0.25) is 9.97 Å². The van der Waals surface area contributed by atoms with Crippen LogP contribution >= 0.6 is 0 Å². The second-order valence-electron chi connectivity index (χ2n) is 17.1. The monoisotopic (exact) mass is 890 g/mol. The Kier molecular flexibility index (Phi) is 13.7. The minimum atomic E-state index is 0. The van der Waals surface area contributed by atoms with Crippen molar-refractivity contribution >= 4 is 10.8 Å². The Morgan fingerprint density at radius 1 is 0.318 bits per heavy atom. The Morgan fingerprint density at radius 2 is 0.788 bits per heavy atom. The molecule has 0 aliphatic rings. The van der Waals surface area contributed by atoms with E-state index in [1.807, 2.05) is 6.07 Å². The first-order valence-corrected chi connectivity index (χ1v) is 22.2. The number of nitrogens with zero attached hydrogens (tertiary/aromatic N) is 4. The number of hydrogen-bond donors (Lipinski definition) is 0. The molecule has 0 saturated carbocycles. The number of hydrogen-bond acceptors (Lipinski definition) is 4. The SMILES string of the molecule is Cc1ccc(-c2[c-]c(-c3ccc(C)cc3C)nc(-c3ccc(C)cc3C)n2)c(C)c1.Cc1ccc(-c2nc(-c3ccc(-c4ccccc4)cc3)cc(-c3cccc4ccccc34)n2)cc1.[V]. The molecule has 0 spiro atoms. The molecule has 321 valence electrons. The summed E-state index contributed by atoms with van der Waals surface area (Å²) < 4.78 is 0. The van der Waals surface area contributed by atoms with Crippen LogP contribution in [0.25, 0.3) is 89.7 Å². The summed E-state index contributed by atoms with van der Waals surface area (Å²) in [7, 11) is 0. The van der Waals surface area contributed by atoms with Crippen LogP contribution in [-0.4, -0.2) is 19.9 Å². The summed E-state index contributed by atoms with van der Waals surface area (Å²) >= 11 is 0. The molecule has 0 saturated heterocycles. The van der Waals surface area contributed by atoms with Gasteiger partial charge in [0, 0.05) is 40.8 Å². The van der Waals surface area contributed by atoms with E-state index in [4.69, 9.17) is 19.9 Å². The summed E-state index contributed by atoms with van der Waals surface area (Å²) in [6.45, 7) is 14.8. The molecule has 8 aromatic carbocycles. The standard InChI is InChI=1S/C33H24N2.C28H27N2.V/c1-23-14-16-28(17-15-23)33-34-31(27-20-18-25(19-21-27)24-8-3-2-4-9-24)22-32(35-33)30-13-7-11-26-10-5-6-12-29(26)30;1-17-7-10-23(20(4)13-17)26-16-27(24-11-8-18(2)14-21(24)5)30-28(29-26)25-12-9-19(3)15-22(25)6;/h2-22H,1H3;7-15H,1-6H3;/q;-1;. The first-order chi connectivity index (χ1) is 31.6. The van der Waals surface area contributed by atoms with Crippen LogP contribution in [-0.2, 0) is 18.6 Å². The molecule has 0 aliphatic heterocycles. The van der Waals surface area contributed by atoms with E-state index in [2.05, 4.69) is 230 Å². The minimum Gasteiger partial charge on any atom is -0.255 e. The van der Waals surface area contributed by atoms with Crippen molar-refractivity contribution in [3.63, 3.8) is 0 Å². The van der Waals surface area contributed by atoms with E-state index in [0.717, 1.165) is 67.8 Å². The van der Waals surface area contributed by atoms with Crippen LogP contribution in [0, 0.1) is 54.5 Å². The molecule has 2 aromatic heterocycles. The summed E-state index contributed by atoms with van der Waals surface area (Å²) in [5.74, 6) is 1.48. The van der Waals surface area contributed by atoms with E-state index in [9.17, 15) is 0 Å². The van der Waals surface area contributed by atoms with Crippen molar-refractivity contribution in [2.24, 2.45) is 0 Å². The summed E-state index contributed by atoms with van der Waals surface area (Å²) in [6.07, 6.45) is 0. The second-order valence-corrected chi connectivity index (χ2v) is 17.1. The fourth-order valence-corrected chi connectivity index (χ4v) is 8.48. The molecule has 5 heteroatoms. The molecule has 0 unspecified atom stereocenters. The third-order valence-electron chi connectivity index (χ3n) is 12.0. The molecule has 0 N–H and O–H groups in total. The topological polar surface area (TPSA) is 51.6 Å². The zero-order chi connectivity index (χ0) is 45.0. The number of aromatic nitrogens is 4. The van der Waals surface area contributed by atoms with Gasteiger partial charge in [0.25, 0.3) is 0 Å². The van der Waals surface area contributed by atoms with Crippen LogP contribution in [0.1, 0.15) is 38.9 Å². The Bertz CT molecular complexity index is 3150. The van der Waals surface area contributed by atoms with Crippen LogP contribution in [0.15, 0.2) is 182 Å². The van der Waals surface area contributed by atoms with Crippen LogP contribution in [0.2, 0.25) is 0 Å². The fourth-order valence-electron chi connectivity index (χ4n) is 8.48. The third-order valence-corrected chi connectivity index (χ3v) is 12.0. The van der Waals surface area contributed by atoms with Gasteiger partial charge in [0.15, 0.2) is 11.6 Å². The molecule has 0 aliphatic carbocycles. The largest absolute Gasteiger partial charge is 0.255 e. The molecule has 4 nitrogen and oxygen atoms in total. The van der Waals surface area contributed by atoms with Gasteiger partial charge in [-0.1, -0.05) is 222 Å². The van der Waals surface area contributed by atoms with Crippen molar-refractivity contribution in [3.8, 4) is 78.9 Å². The van der Waals surface area contributed by atoms with Crippen molar-refractivity contribution in [2.45, 2.75) is 48.5 Å². The van der Waals surface area contributed by atoms with E-state index in [-0.39, 0.29) is 18.6 Å². The number of benzene rings is 8. The van der Waals surface area contributed by atoms with E-state index >= 15 is 0 Å². The van der Waals surface area contributed by atoms with Crippen molar-refractivity contribution in [3.05, 3.63) is 227 Å².